The number of rotatable bonds is 0. The summed E-state index contributed by atoms with van der Waals surface area (Å²) in [4.78, 5) is 11.9. The molecule has 0 saturated heterocycles. The van der Waals surface area contributed by atoms with Crippen molar-refractivity contribution in [2.24, 2.45) is 0 Å². The lowest BCUT2D eigenvalue weighted by Gasteiger charge is -1.94. The molecule has 3 heteroatoms. The van der Waals surface area contributed by atoms with Crippen LogP contribution in [0.1, 0.15) is 5.76 Å². The lowest BCUT2D eigenvalue weighted by atomic mass is 10.2. The Hall–Kier alpha value is -2.03. The van der Waals surface area contributed by atoms with Crippen LogP contribution in [0.15, 0.2) is 44.0 Å². The van der Waals surface area contributed by atoms with Gasteiger partial charge in [0.15, 0.2) is 5.58 Å². The number of benzene rings is 1. The summed E-state index contributed by atoms with van der Waals surface area (Å²) in [5.74, 6) is 0.682. The summed E-state index contributed by atoms with van der Waals surface area (Å²) in [7, 11) is 0. The van der Waals surface area contributed by atoms with E-state index in [0.29, 0.717) is 27.9 Å². The molecule has 2 aromatic heterocycles. The fourth-order valence-corrected chi connectivity index (χ4v) is 1.71. The van der Waals surface area contributed by atoms with Gasteiger partial charge in [0, 0.05) is 6.07 Å². The lowest BCUT2D eigenvalue weighted by molar-refractivity contribution is 0.570. The van der Waals surface area contributed by atoms with Crippen molar-refractivity contribution in [1.82, 2.24) is 0 Å². The summed E-state index contributed by atoms with van der Waals surface area (Å²) < 4.78 is 10.9. The number of furan rings is 1. The molecule has 0 amide bonds. The van der Waals surface area contributed by atoms with Crippen molar-refractivity contribution in [2.45, 2.75) is 6.92 Å². The van der Waals surface area contributed by atoms with Crippen molar-refractivity contribution < 1.29 is 8.83 Å². The maximum Gasteiger partial charge on any atom is 0.235 e. The molecule has 3 nitrogen and oxygen atoms in total. The van der Waals surface area contributed by atoms with Gasteiger partial charge in [0.1, 0.15) is 11.3 Å². The zero-order valence-corrected chi connectivity index (χ0v) is 8.11. The lowest BCUT2D eigenvalue weighted by Crippen LogP contribution is -1.99. The number of aryl methyl sites for hydroxylation is 1. The van der Waals surface area contributed by atoms with Crippen molar-refractivity contribution in [3.05, 3.63) is 46.3 Å². The predicted octanol–water partition coefficient (Wildman–Crippen LogP) is 2.85. The van der Waals surface area contributed by atoms with Crippen molar-refractivity contribution >= 4 is 22.1 Å². The molecule has 3 rings (SSSR count). The van der Waals surface area contributed by atoms with Crippen molar-refractivity contribution in [3.63, 3.8) is 0 Å². The van der Waals surface area contributed by atoms with Crippen LogP contribution in [0.3, 0.4) is 0 Å². The van der Waals surface area contributed by atoms with Crippen molar-refractivity contribution in [2.75, 3.05) is 0 Å². The number of fused-ring (bicyclic) bond motifs is 2. The molecule has 1 aromatic carbocycles. The van der Waals surface area contributed by atoms with Gasteiger partial charge in [-0.05, 0) is 19.1 Å². The van der Waals surface area contributed by atoms with E-state index in [4.69, 9.17) is 8.83 Å². The van der Waals surface area contributed by atoms with Crippen LogP contribution in [0.2, 0.25) is 0 Å². The quantitative estimate of drug-likeness (QED) is 0.560. The molecular weight excluding hydrogens is 192 g/mol. The van der Waals surface area contributed by atoms with Gasteiger partial charge in [-0.15, -0.1) is 0 Å². The molecule has 0 fully saturated rings. The Kier molecular flexibility index (Phi) is 1.51. The largest absolute Gasteiger partial charge is 0.454 e. The van der Waals surface area contributed by atoms with Gasteiger partial charge in [0.2, 0.25) is 11.0 Å². The second kappa shape index (κ2) is 2.73. The SMILES string of the molecule is Cc1cc2oc3ccccc3c(=O)c2o1. The summed E-state index contributed by atoms with van der Waals surface area (Å²) in [5, 5.41) is 0.555. The number of hydrogen-bond acceptors (Lipinski definition) is 3. The van der Waals surface area contributed by atoms with Gasteiger partial charge in [0.25, 0.3) is 0 Å². The van der Waals surface area contributed by atoms with Gasteiger partial charge in [-0.25, -0.2) is 0 Å². The molecule has 74 valence electrons. The Balaban J connectivity index is 2.65. The Morgan fingerprint density at radius 1 is 1.07 bits per heavy atom. The summed E-state index contributed by atoms with van der Waals surface area (Å²) >= 11 is 0. The number of hydrogen-bond donors (Lipinski definition) is 0. The monoisotopic (exact) mass is 200 g/mol. The Bertz CT molecular complexity index is 704. The van der Waals surface area contributed by atoms with Crippen molar-refractivity contribution in [1.29, 1.82) is 0 Å². The minimum atomic E-state index is -0.111. The summed E-state index contributed by atoms with van der Waals surface area (Å²) in [6, 6.07) is 8.88. The standard InChI is InChI=1S/C12H8O3/c1-7-6-10-12(14-7)11(13)8-4-2-3-5-9(8)15-10/h2-6H,1H3. The molecule has 0 aliphatic carbocycles. The molecule has 0 unspecified atom stereocenters. The molecular formula is C12H8O3. The zero-order valence-electron chi connectivity index (χ0n) is 8.11. The summed E-state index contributed by atoms with van der Waals surface area (Å²) in [6.45, 7) is 1.79. The van der Waals surface area contributed by atoms with Crippen LogP contribution in [0.25, 0.3) is 22.1 Å². The van der Waals surface area contributed by atoms with E-state index in [1.807, 2.05) is 6.07 Å². The summed E-state index contributed by atoms with van der Waals surface area (Å²) in [6.07, 6.45) is 0. The third-order valence-electron chi connectivity index (χ3n) is 2.38. The minimum Gasteiger partial charge on any atom is -0.454 e. The average Bonchev–Trinajstić information content (AvgIpc) is 2.59. The molecule has 0 atom stereocenters. The molecule has 0 bridgehead atoms. The van der Waals surface area contributed by atoms with E-state index in [0.717, 1.165) is 0 Å². The first-order chi connectivity index (χ1) is 7.25. The van der Waals surface area contributed by atoms with E-state index < -0.39 is 0 Å². The Morgan fingerprint density at radius 3 is 2.73 bits per heavy atom. The van der Waals surface area contributed by atoms with E-state index in [2.05, 4.69) is 0 Å². The van der Waals surface area contributed by atoms with E-state index in [-0.39, 0.29) is 5.43 Å². The molecule has 3 aromatic rings. The second-order valence-corrected chi connectivity index (χ2v) is 3.48. The predicted molar refractivity (Wildman–Crippen MR) is 57.0 cm³/mol. The first-order valence-electron chi connectivity index (χ1n) is 4.68. The normalized spacial score (nSPS) is 11.3. The zero-order chi connectivity index (χ0) is 10.4. The fraction of sp³-hybridized carbons (Fsp3) is 0.0833. The molecule has 0 spiro atoms. The number of para-hydroxylation sites is 1. The van der Waals surface area contributed by atoms with Crippen LogP contribution in [-0.4, -0.2) is 0 Å². The van der Waals surface area contributed by atoms with Crippen LogP contribution < -0.4 is 5.43 Å². The van der Waals surface area contributed by atoms with Gasteiger partial charge in [-0.2, -0.15) is 0 Å². The van der Waals surface area contributed by atoms with E-state index in [1.54, 1.807) is 31.2 Å². The average molecular weight is 200 g/mol. The smallest absolute Gasteiger partial charge is 0.235 e. The fourth-order valence-electron chi connectivity index (χ4n) is 1.71. The van der Waals surface area contributed by atoms with Gasteiger partial charge in [0.05, 0.1) is 5.39 Å². The highest BCUT2D eigenvalue weighted by Crippen LogP contribution is 2.20. The van der Waals surface area contributed by atoms with E-state index in [9.17, 15) is 4.79 Å². The van der Waals surface area contributed by atoms with Crippen LogP contribution in [0.4, 0.5) is 0 Å². The Morgan fingerprint density at radius 2 is 1.87 bits per heavy atom. The molecule has 0 N–H and O–H groups in total. The van der Waals surface area contributed by atoms with Crippen molar-refractivity contribution in [3.8, 4) is 0 Å². The molecule has 2 heterocycles. The van der Waals surface area contributed by atoms with Gasteiger partial charge in [-0.1, -0.05) is 12.1 Å². The first kappa shape index (κ1) is 8.29. The second-order valence-electron chi connectivity index (χ2n) is 3.48. The third-order valence-corrected chi connectivity index (χ3v) is 2.38. The molecule has 15 heavy (non-hydrogen) atoms. The summed E-state index contributed by atoms with van der Waals surface area (Å²) in [5.41, 5.74) is 1.29. The highest BCUT2D eigenvalue weighted by atomic mass is 16.4. The van der Waals surface area contributed by atoms with E-state index >= 15 is 0 Å². The topological polar surface area (TPSA) is 43.4 Å². The van der Waals surface area contributed by atoms with Gasteiger partial charge < -0.3 is 8.83 Å². The highest BCUT2D eigenvalue weighted by Gasteiger charge is 2.10. The van der Waals surface area contributed by atoms with Crippen LogP contribution in [0.5, 0.6) is 0 Å². The molecule has 0 saturated carbocycles. The molecule has 0 aliphatic heterocycles. The maximum absolute atomic E-state index is 11.9. The van der Waals surface area contributed by atoms with Gasteiger partial charge >= 0.3 is 0 Å². The Labute approximate surface area is 84.9 Å². The maximum atomic E-state index is 11.9. The molecule has 0 aliphatic rings. The van der Waals surface area contributed by atoms with E-state index in [1.165, 1.54) is 0 Å². The highest BCUT2D eigenvalue weighted by molar-refractivity contribution is 5.86. The van der Waals surface area contributed by atoms with Crippen LogP contribution in [-0.2, 0) is 0 Å². The minimum absolute atomic E-state index is 0.111. The van der Waals surface area contributed by atoms with Crippen LogP contribution in [0, 0.1) is 6.92 Å². The third kappa shape index (κ3) is 1.09. The first-order valence-corrected chi connectivity index (χ1v) is 4.68. The van der Waals surface area contributed by atoms with Gasteiger partial charge in [-0.3, -0.25) is 4.79 Å². The van der Waals surface area contributed by atoms with Crippen LogP contribution >= 0.6 is 0 Å². The molecule has 0 radical (unpaired) electrons.